The van der Waals surface area contributed by atoms with Crippen molar-refractivity contribution in [2.24, 2.45) is 0 Å². The van der Waals surface area contributed by atoms with Crippen LogP contribution in [-0.2, 0) is 23.8 Å². The SMILES string of the molecule is O=C(Cc1ccc(Oc2nc3cc(C(F)(F)F)ccc3s2)cc1F)NCCc1ccc(F)cc1. The molecule has 0 aliphatic carbocycles. The molecule has 176 valence electrons. The van der Waals surface area contributed by atoms with Gasteiger partial charge in [-0.2, -0.15) is 13.2 Å². The Balaban J connectivity index is 1.35. The van der Waals surface area contributed by atoms with Gasteiger partial charge < -0.3 is 10.1 Å². The highest BCUT2D eigenvalue weighted by Crippen LogP contribution is 2.36. The largest absolute Gasteiger partial charge is 0.431 e. The van der Waals surface area contributed by atoms with Gasteiger partial charge in [0.25, 0.3) is 5.19 Å². The zero-order valence-electron chi connectivity index (χ0n) is 17.5. The van der Waals surface area contributed by atoms with Crippen LogP contribution in [-0.4, -0.2) is 17.4 Å². The van der Waals surface area contributed by atoms with E-state index in [1.54, 1.807) is 12.1 Å². The van der Waals surface area contributed by atoms with Crippen LogP contribution < -0.4 is 10.1 Å². The molecule has 0 unspecified atom stereocenters. The number of amides is 1. The first-order valence-electron chi connectivity index (χ1n) is 10.1. The third kappa shape index (κ3) is 5.88. The number of ether oxygens (including phenoxy) is 1. The number of thiazole rings is 1. The van der Waals surface area contributed by atoms with E-state index in [0.717, 1.165) is 35.1 Å². The molecule has 1 amide bonds. The number of fused-ring (bicyclic) bond motifs is 1. The van der Waals surface area contributed by atoms with E-state index in [0.29, 0.717) is 17.7 Å². The zero-order valence-corrected chi connectivity index (χ0v) is 18.3. The number of rotatable bonds is 7. The molecular weight excluding hydrogens is 475 g/mol. The van der Waals surface area contributed by atoms with Gasteiger partial charge in [0.1, 0.15) is 17.4 Å². The van der Waals surface area contributed by atoms with Gasteiger partial charge in [-0.3, -0.25) is 4.79 Å². The van der Waals surface area contributed by atoms with Gasteiger partial charge in [0.15, 0.2) is 0 Å². The fourth-order valence-corrected chi connectivity index (χ4v) is 4.01. The second-order valence-corrected chi connectivity index (χ2v) is 8.41. The topological polar surface area (TPSA) is 51.2 Å². The zero-order chi connectivity index (χ0) is 24.3. The number of carbonyl (C=O) groups excluding carboxylic acids is 1. The van der Waals surface area contributed by atoms with Crippen LogP contribution in [0.1, 0.15) is 16.7 Å². The monoisotopic (exact) mass is 492 g/mol. The second kappa shape index (κ2) is 9.76. The maximum Gasteiger partial charge on any atom is 0.416 e. The molecule has 0 aliphatic rings. The normalized spacial score (nSPS) is 11.6. The molecule has 0 saturated carbocycles. The summed E-state index contributed by atoms with van der Waals surface area (Å²) in [7, 11) is 0. The number of nitrogens with zero attached hydrogens (tertiary/aromatic N) is 1. The Hall–Kier alpha value is -3.53. The summed E-state index contributed by atoms with van der Waals surface area (Å²) in [6, 6.07) is 13.1. The van der Waals surface area contributed by atoms with Crippen molar-refractivity contribution >= 4 is 27.5 Å². The second-order valence-electron chi connectivity index (χ2n) is 7.42. The van der Waals surface area contributed by atoms with E-state index < -0.39 is 17.6 Å². The number of nitrogens with one attached hydrogen (secondary N) is 1. The van der Waals surface area contributed by atoms with E-state index in [9.17, 15) is 26.7 Å². The van der Waals surface area contributed by atoms with Crippen molar-refractivity contribution in [1.29, 1.82) is 0 Å². The van der Waals surface area contributed by atoms with E-state index in [4.69, 9.17) is 4.74 Å². The average Bonchev–Trinajstić information content (AvgIpc) is 3.18. The number of alkyl halides is 3. The van der Waals surface area contributed by atoms with Crippen LogP contribution in [0.4, 0.5) is 22.0 Å². The smallest absolute Gasteiger partial charge is 0.416 e. The molecule has 1 heterocycles. The minimum atomic E-state index is -4.48. The van der Waals surface area contributed by atoms with Crippen LogP contribution in [0.3, 0.4) is 0 Å². The lowest BCUT2D eigenvalue weighted by Crippen LogP contribution is -2.27. The molecule has 1 aromatic heterocycles. The molecule has 10 heteroatoms. The summed E-state index contributed by atoms with van der Waals surface area (Å²) < 4.78 is 72.0. The molecule has 4 aromatic rings. The first kappa shape index (κ1) is 23.6. The van der Waals surface area contributed by atoms with Gasteiger partial charge in [0.05, 0.1) is 22.2 Å². The van der Waals surface area contributed by atoms with Gasteiger partial charge in [-0.1, -0.05) is 29.5 Å². The molecule has 34 heavy (non-hydrogen) atoms. The highest BCUT2D eigenvalue weighted by molar-refractivity contribution is 7.20. The van der Waals surface area contributed by atoms with Crippen molar-refractivity contribution in [3.05, 3.63) is 89.0 Å². The lowest BCUT2D eigenvalue weighted by Gasteiger charge is -2.08. The molecule has 0 radical (unpaired) electrons. The Morgan fingerprint density at radius 2 is 1.76 bits per heavy atom. The number of benzene rings is 3. The lowest BCUT2D eigenvalue weighted by atomic mass is 10.1. The van der Waals surface area contributed by atoms with Gasteiger partial charge in [-0.15, -0.1) is 0 Å². The minimum Gasteiger partial charge on any atom is -0.431 e. The van der Waals surface area contributed by atoms with E-state index in [1.165, 1.54) is 30.3 Å². The van der Waals surface area contributed by atoms with Crippen LogP contribution in [0.15, 0.2) is 60.7 Å². The first-order valence-corrected chi connectivity index (χ1v) is 10.9. The minimum absolute atomic E-state index is 0.0695. The number of aromatic nitrogens is 1. The fraction of sp³-hybridized carbons (Fsp3) is 0.167. The van der Waals surface area contributed by atoms with Crippen LogP contribution in [0.25, 0.3) is 10.2 Å². The summed E-state index contributed by atoms with van der Waals surface area (Å²) >= 11 is 1.03. The summed E-state index contributed by atoms with van der Waals surface area (Å²) in [5, 5.41) is 2.76. The maximum absolute atomic E-state index is 14.5. The van der Waals surface area contributed by atoms with Gasteiger partial charge >= 0.3 is 6.18 Å². The van der Waals surface area contributed by atoms with E-state index in [1.807, 2.05) is 0 Å². The number of carbonyl (C=O) groups is 1. The molecule has 4 nitrogen and oxygen atoms in total. The molecule has 1 N–H and O–H groups in total. The predicted octanol–water partition coefficient (Wildman–Crippen LogP) is 6.29. The Labute approximate surface area is 195 Å². The van der Waals surface area contributed by atoms with Crippen LogP contribution in [0, 0.1) is 11.6 Å². The van der Waals surface area contributed by atoms with Crippen molar-refractivity contribution in [2.45, 2.75) is 19.0 Å². The Kier molecular flexibility index (Phi) is 6.78. The van der Waals surface area contributed by atoms with Crippen molar-refractivity contribution in [2.75, 3.05) is 6.54 Å². The third-order valence-corrected chi connectivity index (χ3v) is 5.84. The summed E-state index contributed by atoms with van der Waals surface area (Å²) in [6.45, 7) is 0.320. The predicted molar refractivity (Wildman–Crippen MR) is 118 cm³/mol. The Morgan fingerprint density at radius 1 is 1.00 bits per heavy atom. The quantitative estimate of drug-likeness (QED) is 0.309. The molecule has 0 spiro atoms. The van der Waals surface area contributed by atoms with Gasteiger partial charge in [-0.05, 0) is 53.9 Å². The van der Waals surface area contributed by atoms with E-state index in [-0.39, 0.29) is 40.2 Å². The molecule has 0 saturated heterocycles. The molecule has 4 rings (SSSR count). The van der Waals surface area contributed by atoms with E-state index >= 15 is 0 Å². The molecule has 0 bridgehead atoms. The molecule has 0 aliphatic heterocycles. The number of hydrogen-bond donors (Lipinski definition) is 1. The standard InChI is InChI=1S/C24H17F5N2O2S/c25-17-5-1-14(2-6-17)9-10-30-22(32)11-15-3-7-18(13-19(15)26)33-23-31-20-12-16(24(27,28)29)4-8-21(20)34-23/h1-8,12-13H,9-11H2,(H,30,32). The molecular formula is C24H17F5N2O2S. The average molecular weight is 492 g/mol. The maximum atomic E-state index is 14.5. The fourth-order valence-electron chi connectivity index (χ4n) is 3.19. The number of halogens is 5. The highest BCUT2D eigenvalue weighted by Gasteiger charge is 2.30. The highest BCUT2D eigenvalue weighted by atomic mass is 32.1. The van der Waals surface area contributed by atoms with Crippen molar-refractivity contribution < 1.29 is 31.5 Å². The van der Waals surface area contributed by atoms with Crippen LogP contribution >= 0.6 is 11.3 Å². The van der Waals surface area contributed by atoms with Crippen LogP contribution in [0.2, 0.25) is 0 Å². The van der Waals surface area contributed by atoms with E-state index in [2.05, 4.69) is 10.3 Å². The van der Waals surface area contributed by atoms with Crippen molar-refractivity contribution in [3.8, 4) is 10.9 Å². The van der Waals surface area contributed by atoms with Crippen LogP contribution in [0.5, 0.6) is 10.9 Å². The summed E-state index contributed by atoms with van der Waals surface area (Å²) in [5.74, 6) is -1.27. The van der Waals surface area contributed by atoms with Gasteiger partial charge in [0, 0.05) is 12.6 Å². The molecule has 0 fully saturated rings. The van der Waals surface area contributed by atoms with Gasteiger partial charge in [-0.25, -0.2) is 13.8 Å². The first-order chi connectivity index (χ1) is 16.2. The summed E-state index contributed by atoms with van der Waals surface area (Å²) in [4.78, 5) is 16.2. The Bertz CT molecular complexity index is 1320. The van der Waals surface area contributed by atoms with Crippen molar-refractivity contribution in [3.63, 3.8) is 0 Å². The summed E-state index contributed by atoms with van der Waals surface area (Å²) in [6.07, 6.45) is -4.16. The van der Waals surface area contributed by atoms with Gasteiger partial charge in [0.2, 0.25) is 5.91 Å². The molecule has 0 atom stereocenters. The molecule has 3 aromatic carbocycles. The van der Waals surface area contributed by atoms with Crippen molar-refractivity contribution in [1.82, 2.24) is 10.3 Å². The summed E-state index contributed by atoms with van der Waals surface area (Å²) in [5.41, 5.74) is 0.331. The lowest BCUT2D eigenvalue weighted by molar-refractivity contribution is -0.137. The third-order valence-electron chi connectivity index (χ3n) is 4.93. The number of hydrogen-bond acceptors (Lipinski definition) is 4. The Morgan fingerprint density at radius 3 is 2.47 bits per heavy atom.